The van der Waals surface area contributed by atoms with Crippen LogP contribution in [0.2, 0.25) is 0 Å². The molecule has 0 aliphatic rings. The summed E-state index contributed by atoms with van der Waals surface area (Å²) in [6, 6.07) is 9.62. The lowest BCUT2D eigenvalue weighted by Gasteiger charge is -2.21. The van der Waals surface area contributed by atoms with Gasteiger partial charge in [-0.25, -0.2) is 0 Å². The number of carbonyl (C=O) groups is 1. The number of amides is 1. The maximum Gasteiger partial charge on any atom is 0.229 e. The lowest BCUT2D eigenvalue weighted by molar-refractivity contribution is -0.131. The first kappa shape index (κ1) is 14.6. The summed E-state index contributed by atoms with van der Waals surface area (Å²) in [6.45, 7) is 4.66. The van der Waals surface area contributed by atoms with Gasteiger partial charge in [0.25, 0.3) is 0 Å². The average molecular weight is 288 g/mol. The monoisotopic (exact) mass is 288 g/mol. The van der Waals surface area contributed by atoms with Crippen LogP contribution in [-0.2, 0) is 11.3 Å². The summed E-state index contributed by atoms with van der Waals surface area (Å²) in [4.78, 5) is 15.5. The fraction of sp³-hybridized carbons (Fsp3) is 0.312. The van der Waals surface area contributed by atoms with Crippen LogP contribution in [-0.4, -0.2) is 17.9 Å². The van der Waals surface area contributed by atoms with Crippen LogP contribution in [0.25, 0.3) is 0 Å². The van der Waals surface area contributed by atoms with E-state index in [0.29, 0.717) is 12.2 Å². The average Bonchev–Trinajstić information content (AvgIpc) is 2.82. The van der Waals surface area contributed by atoms with Crippen molar-refractivity contribution in [1.29, 1.82) is 0 Å². The molecule has 4 heteroatoms. The standard InChI is InChI=1S/C16H20N2OS/c1-11-7-8-20-15(11)10-18(3)16(19)12(2)13-5-4-6-14(17)9-13/h4-9,12H,10,17H2,1-3H3. The minimum Gasteiger partial charge on any atom is -0.399 e. The summed E-state index contributed by atoms with van der Waals surface area (Å²) >= 11 is 1.69. The van der Waals surface area contributed by atoms with Crippen molar-refractivity contribution in [3.63, 3.8) is 0 Å². The highest BCUT2D eigenvalue weighted by Gasteiger charge is 2.20. The van der Waals surface area contributed by atoms with Gasteiger partial charge in [0.1, 0.15) is 0 Å². The Balaban J connectivity index is 2.08. The van der Waals surface area contributed by atoms with E-state index >= 15 is 0 Å². The first-order valence-corrected chi connectivity index (χ1v) is 7.50. The second-order valence-corrected chi connectivity index (χ2v) is 6.11. The third-order valence-corrected chi connectivity index (χ3v) is 4.51. The van der Waals surface area contributed by atoms with Gasteiger partial charge in [-0.3, -0.25) is 4.79 Å². The maximum absolute atomic E-state index is 12.5. The molecule has 0 aliphatic heterocycles. The lowest BCUT2D eigenvalue weighted by atomic mass is 9.99. The van der Waals surface area contributed by atoms with E-state index in [1.54, 1.807) is 16.2 Å². The Morgan fingerprint density at radius 2 is 2.15 bits per heavy atom. The maximum atomic E-state index is 12.5. The fourth-order valence-electron chi connectivity index (χ4n) is 2.16. The molecule has 0 radical (unpaired) electrons. The molecule has 0 saturated carbocycles. The quantitative estimate of drug-likeness (QED) is 0.876. The number of likely N-dealkylation sites (N-methyl/N-ethyl adjacent to an activating group) is 1. The predicted molar refractivity (Wildman–Crippen MR) is 84.8 cm³/mol. The van der Waals surface area contributed by atoms with Crippen molar-refractivity contribution in [3.8, 4) is 0 Å². The molecular formula is C16H20N2OS. The second kappa shape index (κ2) is 6.09. The Morgan fingerprint density at radius 1 is 1.40 bits per heavy atom. The zero-order valence-corrected chi connectivity index (χ0v) is 12.9. The van der Waals surface area contributed by atoms with Crippen molar-refractivity contribution in [2.24, 2.45) is 0 Å². The first-order valence-electron chi connectivity index (χ1n) is 6.62. The third-order valence-electron chi connectivity index (χ3n) is 3.51. The molecule has 1 aromatic heterocycles. The number of carbonyl (C=O) groups excluding carboxylic acids is 1. The van der Waals surface area contributed by atoms with Gasteiger partial charge in [0.2, 0.25) is 5.91 Å². The van der Waals surface area contributed by atoms with E-state index in [1.807, 2.05) is 38.2 Å². The smallest absolute Gasteiger partial charge is 0.229 e. The number of benzene rings is 1. The van der Waals surface area contributed by atoms with E-state index < -0.39 is 0 Å². The van der Waals surface area contributed by atoms with Crippen molar-refractivity contribution < 1.29 is 4.79 Å². The van der Waals surface area contributed by atoms with E-state index in [9.17, 15) is 4.79 Å². The number of hydrogen-bond donors (Lipinski definition) is 1. The van der Waals surface area contributed by atoms with E-state index in [-0.39, 0.29) is 11.8 Å². The highest BCUT2D eigenvalue weighted by molar-refractivity contribution is 7.10. The van der Waals surface area contributed by atoms with Crippen LogP contribution < -0.4 is 5.73 Å². The van der Waals surface area contributed by atoms with Crippen LogP contribution in [0.4, 0.5) is 5.69 Å². The van der Waals surface area contributed by atoms with Crippen molar-refractivity contribution >= 4 is 22.9 Å². The largest absolute Gasteiger partial charge is 0.399 e. The first-order chi connectivity index (χ1) is 9.49. The molecule has 0 spiro atoms. The highest BCUT2D eigenvalue weighted by atomic mass is 32.1. The summed E-state index contributed by atoms with van der Waals surface area (Å²) < 4.78 is 0. The fourth-order valence-corrected chi connectivity index (χ4v) is 3.12. The minimum absolute atomic E-state index is 0.114. The molecule has 0 fully saturated rings. The van der Waals surface area contributed by atoms with Gasteiger partial charge >= 0.3 is 0 Å². The van der Waals surface area contributed by atoms with Gasteiger partial charge in [0.15, 0.2) is 0 Å². The number of aryl methyl sites for hydroxylation is 1. The Bertz CT molecular complexity index is 606. The summed E-state index contributed by atoms with van der Waals surface area (Å²) in [6.07, 6.45) is 0. The van der Waals surface area contributed by atoms with Crippen molar-refractivity contribution in [2.75, 3.05) is 12.8 Å². The number of nitrogens with zero attached hydrogens (tertiary/aromatic N) is 1. The number of hydrogen-bond acceptors (Lipinski definition) is 3. The van der Waals surface area contributed by atoms with Gasteiger partial charge in [0.05, 0.1) is 12.5 Å². The summed E-state index contributed by atoms with van der Waals surface area (Å²) in [5.41, 5.74) is 8.68. The number of nitrogens with two attached hydrogens (primary N) is 1. The SMILES string of the molecule is Cc1ccsc1CN(C)C(=O)C(C)c1cccc(N)c1. The molecule has 0 aliphatic carbocycles. The molecular weight excluding hydrogens is 268 g/mol. The Morgan fingerprint density at radius 3 is 2.75 bits per heavy atom. The Hall–Kier alpha value is -1.81. The van der Waals surface area contributed by atoms with Crippen LogP contribution in [0.5, 0.6) is 0 Å². The van der Waals surface area contributed by atoms with Crippen molar-refractivity contribution in [3.05, 3.63) is 51.7 Å². The van der Waals surface area contributed by atoms with E-state index in [0.717, 1.165) is 5.56 Å². The summed E-state index contributed by atoms with van der Waals surface area (Å²) in [5, 5.41) is 2.06. The number of thiophene rings is 1. The molecule has 3 nitrogen and oxygen atoms in total. The van der Waals surface area contributed by atoms with Crippen molar-refractivity contribution in [2.45, 2.75) is 26.3 Å². The van der Waals surface area contributed by atoms with E-state index in [4.69, 9.17) is 5.73 Å². The lowest BCUT2D eigenvalue weighted by Crippen LogP contribution is -2.30. The van der Waals surface area contributed by atoms with Gasteiger partial charge in [-0.05, 0) is 48.6 Å². The zero-order chi connectivity index (χ0) is 14.7. The molecule has 20 heavy (non-hydrogen) atoms. The molecule has 2 rings (SSSR count). The van der Waals surface area contributed by atoms with Gasteiger partial charge in [-0.1, -0.05) is 12.1 Å². The van der Waals surface area contributed by atoms with Gasteiger partial charge in [-0.15, -0.1) is 11.3 Å². The summed E-state index contributed by atoms with van der Waals surface area (Å²) in [7, 11) is 1.85. The van der Waals surface area contributed by atoms with Crippen LogP contribution in [0.1, 0.15) is 28.8 Å². The molecule has 2 aromatic rings. The van der Waals surface area contributed by atoms with E-state index in [2.05, 4.69) is 18.4 Å². The molecule has 1 atom stereocenters. The topological polar surface area (TPSA) is 46.3 Å². The van der Waals surface area contributed by atoms with Crippen LogP contribution >= 0.6 is 11.3 Å². The Kier molecular flexibility index (Phi) is 4.45. The zero-order valence-electron chi connectivity index (χ0n) is 12.1. The van der Waals surface area contributed by atoms with Gasteiger partial charge < -0.3 is 10.6 Å². The summed E-state index contributed by atoms with van der Waals surface area (Å²) in [5.74, 6) is -0.0628. The third kappa shape index (κ3) is 3.20. The van der Waals surface area contributed by atoms with Crippen LogP contribution in [0.3, 0.4) is 0 Å². The molecule has 1 heterocycles. The normalized spacial score (nSPS) is 12.2. The molecule has 0 saturated heterocycles. The molecule has 2 N–H and O–H groups in total. The van der Waals surface area contributed by atoms with Crippen molar-refractivity contribution in [1.82, 2.24) is 4.90 Å². The second-order valence-electron chi connectivity index (χ2n) is 5.11. The number of rotatable bonds is 4. The van der Waals surface area contributed by atoms with Crippen LogP contribution in [0, 0.1) is 6.92 Å². The van der Waals surface area contributed by atoms with Gasteiger partial charge in [0, 0.05) is 17.6 Å². The minimum atomic E-state index is -0.177. The Labute approximate surface area is 124 Å². The highest BCUT2D eigenvalue weighted by Crippen LogP contribution is 2.22. The number of nitrogen functional groups attached to an aromatic ring is 1. The number of anilines is 1. The predicted octanol–water partition coefficient (Wildman–Crippen LogP) is 3.40. The van der Waals surface area contributed by atoms with Gasteiger partial charge in [-0.2, -0.15) is 0 Å². The molecule has 106 valence electrons. The molecule has 0 bridgehead atoms. The molecule has 1 unspecified atom stereocenters. The van der Waals surface area contributed by atoms with Crippen LogP contribution in [0.15, 0.2) is 35.7 Å². The van der Waals surface area contributed by atoms with E-state index in [1.165, 1.54) is 10.4 Å². The molecule has 1 amide bonds. The molecule has 1 aromatic carbocycles.